The molecule has 0 saturated heterocycles. The highest BCUT2D eigenvalue weighted by molar-refractivity contribution is 6.31. The molecule has 3 aromatic rings. The largest absolute Gasteiger partial charge is 0.403 e. The number of carbonyl (C=O) groups excluding carboxylic acids is 1. The summed E-state index contributed by atoms with van der Waals surface area (Å²) < 4.78 is 5.30. The van der Waals surface area contributed by atoms with Crippen LogP contribution in [0.15, 0.2) is 47.1 Å². The highest BCUT2D eigenvalue weighted by Gasteiger charge is 2.22. The van der Waals surface area contributed by atoms with Gasteiger partial charge in [0.05, 0.1) is 10.5 Å². The third-order valence-corrected chi connectivity index (χ3v) is 3.19. The smallest absolute Gasteiger partial charge is 0.322 e. The van der Waals surface area contributed by atoms with E-state index in [0.717, 1.165) is 6.07 Å². The number of pyridine rings is 1. The van der Waals surface area contributed by atoms with Crippen molar-refractivity contribution in [2.24, 2.45) is 0 Å². The van der Waals surface area contributed by atoms with Gasteiger partial charge in [-0.3, -0.25) is 25.2 Å². The molecule has 0 radical (unpaired) electrons. The molecule has 120 valence electrons. The lowest BCUT2D eigenvalue weighted by Crippen LogP contribution is -2.14. The van der Waals surface area contributed by atoms with E-state index in [0.29, 0.717) is 5.56 Å². The highest BCUT2D eigenvalue weighted by Crippen LogP contribution is 2.24. The van der Waals surface area contributed by atoms with E-state index in [2.05, 4.69) is 20.5 Å². The Morgan fingerprint density at radius 1 is 1.29 bits per heavy atom. The minimum absolute atomic E-state index is 0.152. The predicted octanol–water partition coefficient (Wildman–Crippen LogP) is 2.95. The standard InChI is InChI=1S/C14H8ClN5O4/c15-9-3-4-11(20(22)23)10(6-9)12(21)17-14-19-18-13(24-14)8-2-1-5-16-7-8/h1-7H,(H,17,19,21). The molecule has 0 atom stereocenters. The van der Waals surface area contributed by atoms with Crippen molar-refractivity contribution < 1.29 is 14.1 Å². The first-order valence-electron chi connectivity index (χ1n) is 6.54. The fourth-order valence-electron chi connectivity index (χ4n) is 1.89. The first-order valence-corrected chi connectivity index (χ1v) is 6.91. The van der Waals surface area contributed by atoms with Crippen molar-refractivity contribution in [1.29, 1.82) is 0 Å². The number of nitrogens with one attached hydrogen (secondary N) is 1. The number of amides is 1. The molecule has 0 fully saturated rings. The van der Waals surface area contributed by atoms with Crippen LogP contribution in [0.4, 0.5) is 11.7 Å². The normalized spacial score (nSPS) is 10.4. The monoisotopic (exact) mass is 345 g/mol. The second-order valence-corrected chi connectivity index (χ2v) is 4.96. The summed E-state index contributed by atoms with van der Waals surface area (Å²) in [5.41, 5.74) is -0.0308. The number of nitro groups is 1. The van der Waals surface area contributed by atoms with E-state index in [4.69, 9.17) is 16.0 Å². The Hall–Kier alpha value is -3.33. The average Bonchev–Trinajstić information content (AvgIpc) is 3.03. The molecule has 2 aromatic heterocycles. The van der Waals surface area contributed by atoms with Gasteiger partial charge < -0.3 is 4.42 Å². The van der Waals surface area contributed by atoms with Crippen LogP contribution in [0.5, 0.6) is 0 Å². The van der Waals surface area contributed by atoms with Gasteiger partial charge in [-0.1, -0.05) is 16.7 Å². The Labute approximate surface area is 139 Å². The van der Waals surface area contributed by atoms with Crippen LogP contribution in [0, 0.1) is 10.1 Å². The van der Waals surface area contributed by atoms with Crippen molar-refractivity contribution in [2.75, 3.05) is 5.32 Å². The molecule has 0 bridgehead atoms. The summed E-state index contributed by atoms with van der Waals surface area (Å²) in [6.45, 7) is 0. The van der Waals surface area contributed by atoms with E-state index in [1.54, 1.807) is 18.3 Å². The minimum atomic E-state index is -0.786. The van der Waals surface area contributed by atoms with Crippen LogP contribution in [0.1, 0.15) is 10.4 Å². The second-order valence-electron chi connectivity index (χ2n) is 4.53. The summed E-state index contributed by atoms with van der Waals surface area (Å²) in [7, 11) is 0. The Morgan fingerprint density at radius 2 is 2.12 bits per heavy atom. The van der Waals surface area contributed by atoms with Gasteiger partial charge in [0.2, 0.25) is 0 Å². The maximum Gasteiger partial charge on any atom is 0.322 e. The minimum Gasteiger partial charge on any atom is -0.403 e. The summed E-state index contributed by atoms with van der Waals surface area (Å²) in [4.78, 5) is 26.5. The van der Waals surface area contributed by atoms with Crippen molar-refractivity contribution in [2.45, 2.75) is 0 Å². The van der Waals surface area contributed by atoms with Crippen molar-refractivity contribution in [3.05, 3.63) is 63.4 Å². The number of benzene rings is 1. The van der Waals surface area contributed by atoms with Crippen LogP contribution in [0.25, 0.3) is 11.5 Å². The molecular formula is C14H8ClN5O4. The molecule has 1 aromatic carbocycles. The lowest BCUT2D eigenvalue weighted by atomic mass is 10.1. The molecule has 24 heavy (non-hydrogen) atoms. The number of rotatable bonds is 4. The number of nitro benzene ring substituents is 1. The third kappa shape index (κ3) is 3.20. The zero-order valence-corrected chi connectivity index (χ0v) is 12.6. The van der Waals surface area contributed by atoms with Gasteiger partial charge in [-0.05, 0) is 24.3 Å². The Morgan fingerprint density at radius 3 is 2.83 bits per heavy atom. The lowest BCUT2D eigenvalue weighted by Gasteiger charge is -2.02. The maximum atomic E-state index is 12.2. The fraction of sp³-hybridized carbons (Fsp3) is 0. The summed E-state index contributed by atoms with van der Waals surface area (Å²) in [5.74, 6) is -0.635. The summed E-state index contributed by atoms with van der Waals surface area (Å²) in [5, 5.41) is 21.0. The third-order valence-electron chi connectivity index (χ3n) is 2.95. The lowest BCUT2D eigenvalue weighted by molar-refractivity contribution is -0.385. The second kappa shape index (κ2) is 6.42. The van der Waals surface area contributed by atoms with Crippen LogP contribution in [0.3, 0.4) is 0 Å². The topological polar surface area (TPSA) is 124 Å². The Kier molecular flexibility index (Phi) is 4.17. The van der Waals surface area contributed by atoms with Crippen LogP contribution < -0.4 is 5.32 Å². The fourth-order valence-corrected chi connectivity index (χ4v) is 2.07. The number of aromatic nitrogens is 3. The molecule has 2 heterocycles. The summed E-state index contributed by atoms with van der Waals surface area (Å²) in [6.07, 6.45) is 3.10. The molecule has 0 aliphatic carbocycles. The zero-order valence-electron chi connectivity index (χ0n) is 11.8. The molecular weight excluding hydrogens is 338 g/mol. The van der Waals surface area contributed by atoms with Gasteiger partial charge in [0, 0.05) is 23.5 Å². The average molecular weight is 346 g/mol. The van der Waals surface area contributed by atoms with Gasteiger partial charge in [0.25, 0.3) is 17.5 Å². The molecule has 10 heteroatoms. The quantitative estimate of drug-likeness (QED) is 0.569. The zero-order chi connectivity index (χ0) is 17.1. The molecule has 9 nitrogen and oxygen atoms in total. The Balaban J connectivity index is 1.85. The summed E-state index contributed by atoms with van der Waals surface area (Å²) in [6, 6.07) is 6.85. The van der Waals surface area contributed by atoms with Crippen LogP contribution in [-0.2, 0) is 0 Å². The van der Waals surface area contributed by atoms with Crippen molar-refractivity contribution in [3.8, 4) is 11.5 Å². The maximum absolute atomic E-state index is 12.2. The van der Waals surface area contributed by atoms with E-state index < -0.39 is 10.8 Å². The number of carbonyl (C=O) groups is 1. The SMILES string of the molecule is O=C(Nc1nnc(-c2cccnc2)o1)c1cc(Cl)ccc1[N+](=O)[O-]. The van der Waals surface area contributed by atoms with E-state index in [-0.39, 0.29) is 28.2 Å². The van der Waals surface area contributed by atoms with Crippen molar-refractivity contribution >= 4 is 29.2 Å². The van der Waals surface area contributed by atoms with Gasteiger partial charge in [-0.2, -0.15) is 0 Å². The van der Waals surface area contributed by atoms with E-state index in [9.17, 15) is 14.9 Å². The number of anilines is 1. The van der Waals surface area contributed by atoms with Gasteiger partial charge >= 0.3 is 6.01 Å². The molecule has 1 amide bonds. The number of halogens is 1. The number of nitrogens with zero attached hydrogens (tertiary/aromatic N) is 4. The predicted molar refractivity (Wildman–Crippen MR) is 83.6 cm³/mol. The molecule has 0 saturated carbocycles. The van der Waals surface area contributed by atoms with E-state index in [1.165, 1.54) is 18.3 Å². The van der Waals surface area contributed by atoms with Gasteiger partial charge in [0.1, 0.15) is 5.56 Å². The number of hydrogen-bond acceptors (Lipinski definition) is 7. The molecule has 0 unspecified atom stereocenters. The van der Waals surface area contributed by atoms with Gasteiger partial charge in [-0.15, -0.1) is 5.10 Å². The van der Waals surface area contributed by atoms with Gasteiger partial charge in [-0.25, -0.2) is 0 Å². The number of hydrogen-bond donors (Lipinski definition) is 1. The van der Waals surface area contributed by atoms with E-state index in [1.807, 2.05) is 0 Å². The molecule has 0 aliphatic heterocycles. The molecule has 0 aliphatic rings. The van der Waals surface area contributed by atoms with Crippen LogP contribution in [-0.4, -0.2) is 26.0 Å². The highest BCUT2D eigenvalue weighted by atomic mass is 35.5. The van der Waals surface area contributed by atoms with Crippen molar-refractivity contribution in [1.82, 2.24) is 15.2 Å². The van der Waals surface area contributed by atoms with Crippen LogP contribution >= 0.6 is 11.6 Å². The summed E-state index contributed by atoms with van der Waals surface area (Å²) >= 11 is 5.79. The van der Waals surface area contributed by atoms with E-state index >= 15 is 0 Å². The molecule has 0 spiro atoms. The molecule has 3 rings (SSSR count). The van der Waals surface area contributed by atoms with Crippen molar-refractivity contribution in [3.63, 3.8) is 0 Å². The molecule has 1 N–H and O–H groups in total. The van der Waals surface area contributed by atoms with Crippen LogP contribution in [0.2, 0.25) is 5.02 Å². The Bertz CT molecular complexity index is 913. The van der Waals surface area contributed by atoms with Gasteiger partial charge in [0.15, 0.2) is 0 Å². The first kappa shape index (κ1) is 15.6. The first-order chi connectivity index (χ1) is 11.5.